The number of benzene rings is 3. The van der Waals surface area contributed by atoms with Gasteiger partial charge in [-0.05, 0) is 58.9 Å². The molecule has 9 nitrogen and oxygen atoms in total. The molecule has 4 aromatic rings. The predicted octanol–water partition coefficient (Wildman–Crippen LogP) is 6.00. The van der Waals surface area contributed by atoms with Crippen molar-refractivity contribution in [2.45, 2.75) is 57.4 Å². The van der Waals surface area contributed by atoms with Crippen molar-refractivity contribution in [2.24, 2.45) is 5.92 Å². The first-order valence-electron chi connectivity index (χ1n) is 15.3. The van der Waals surface area contributed by atoms with Crippen molar-refractivity contribution < 1.29 is 28.7 Å². The van der Waals surface area contributed by atoms with Crippen LogP contribution in [0.15, 0.2) is 66.9 Å². The summed E-state index contributed by atoms with van der Waals surface area (Å²) in [4.78, 5) is 53.9. The first-order valence-corrected chi connectivity index (χ1v) is 15.7. The van der Waals surface area contributed by atoms with E-state index in [1.165, 1.54) is 35.4 Å². The molecule has 1 aromatic heterocycles. The van der Waals surface area contributed by atoms with E-state index in [4.69, 9.17) is 11.6 Å². The van der Waals surface area contributed by atoms with Crippen molar-refractivity contribution in [1.29, 1.82) is 0 Å². The molecule has 2 aliphatic rings. The molecule has 46 heavy (non-hydrogen) atoms. The van der Waals surface area contributed by atoms with E-state index in [9.17, 15) is 28.7 Å². The Bertz CT molecular complexity index is 1820. The lowest BCUT2D eigenvalue weighted by Gasteiger charge is -2.37. The number of hydrogen-bond acceptors (Lipinski definition) is 6. The molecule has 0 saturated heterocycles. The molecule has 2 heterocycles. The summed E-state index contributed by atoms with van der Waals surface area (Å²) in [6, 6.07) is 15.0. The number of Topliss-reactive ketones (excluding diaryl/α,β-unsaturated/α-hetero) is 2. The third-order valence-electron chi connectivity index (χ3n) is 8.93. The Morgan fingerprint density at radius 3 is 2.43 bits per heavy atom. The summed E-state index contributed by atoms with van der Waals surface area (Å²) in [5, 5.41) is 17.1. The zero-order valence-electron chi connectivity index (χ0n) is 25.0. The minimum Gasteiger partial charge on any atom is -0.478 e. The van der Waals surface area contributed by atoms with E-state index in [1.54, 1.807) is 18.2 Å². The highest BCUT2D eigenvalue weighted by atomic mass is 35.5. The second-order valence-electron chi connectivity index (χ2n) is 12.0. The van der Waals surface area contributed by atoms with Crippen LogP contribution in [-0.2, 0) is 28.9 Å². The zero-order valence-corrected chi connectivity index (χ0v) is 25.8. The molecule has 1 aliphatic heterocycles. The van der Waals surface area contributed by atoms with Crippen LogP contribution >= 0.6 is 11.6 Å². The Morgan fingerprint density at radius 1 is 0.957 bits per heavy atom. The van der Waals surface area contributed by atoms with Crippen LogP contribution in [0.3, 0.4) is 0 Å². The molecule has 1 amide bonds. The minimum absolute atomic E-state index is 0.0207. The fourth-order valence-corrected chi connectivity index (χ4v) is 6.83. The molecule has 1 atom stereocenters. The van der Waals surface area contributed by atoms with Crippen molar-refractivity contribution in [3.8, 4) is 5.69 Å². The number of carboxylic acids is 1. The van der Waals surface area contributed by atoms with Crippen LogP contribution in [0.5, 0.6) is 0 Å². The van der Waals surface area contributed by atoms with E-state index < -0.39 is 23.7 Å². The highest BCUT2D eigenvalue weighted by Gasteiger charge is 2.38. The average molecular weight is 643 g/mol. The van der Waals surface area contributed by atoms with Crippen LogP contribution in [0, 0.1) is 11.7 Å². The van der Waals surface area contributed by atoms with Gasteiger partial charge in [-0.2, -0.15) is 0 Å². The van der Waals surface area contributed by atoms with E-state index in [1.807, 2.05) is 18.2 Å². The number of carbonyl (C=O) groups excluding carboxylic acids is 3. The molecule has 0 spiro atoms. The quantitative estimate of drug-likeness (QED) is 0.225. The molecule has 1 N–H and O–H groups in total. The fraction of sp³-hybridized carbons (Fsp3) is 0.314. The van der Waals surface area contributed by atoms with Crippen molar-refractivity contribution in [3.05, 3.63) is 111 Å². The number of aromatic nitrogens is 3. The van der Waals surface area contributed by atoms with Gasteiger partial charge in [0.2, 0.25) is 0 Å². The highest BCUT2D eigenvalue weighted by molar-refractivity contribution is 6.30. The zero-order chi connectivity index (χ0) is 32.4. The highest BCUT2D eigenvalue weighted by Crippen LogP contribution is 2.35. The van der Waals surface area contributed by atoms with Crippen molar-refractivity contribution >= 4 is 35.0 Å². The van der Waals surface area contributed by atoms with E-state index in [-0.39, 0.29) is 52.9 Å². The first kappa shape index (κ1) is 31.3. The Morgan fingerprint density at radius 2 is 1.70 bits per heavy atom. The fourth-order valence-electron chi connectivity index (χ4n) is 6.66. The third-order valence-corrected chi connectivity index (χ3v) is 9.22. The van der Waals surface area contributed by atoms with Crippen LogP contribution in [-0.4, -0.2) is 55.0 Å². The molecule has 3 aromatic carbocycles. The Labute approximate surface area is 270 Å². The van der Waals surface area contributed by atoms with Gasteiger partial charge in [0.15, 0.2) is 17.3 Å². The number of fused-ring (bicyclic) bond motifs is 1. The van der Waals surface area contributed by atoms with E-state index in [2.05, 4.69) is 10.3 Å². The maximum atomic E-state index is 14.7. The topological polar surface area (TPSA) is 122 Å². The Kier molecular flexibility index (Phi) is 9.08. The van der Waals surface area contributed by atoms with Gasteiger partial charge in [-0.1, -0.05) is 78.9 Å². The summed E-state index contributed by atoms with van der Waals surface area (Å²) in [5.74, 6) is -2.02. The second-order valence-corrected chi connectivity index (χ2v) is 12.4. The lowest BCUT2D eigenvalue weighted by atomic mass is 9.83. The van der Waals surface area contributed by atoms with Gasteiger partial charge in [-0.3, -0.25) is 14.4 Å². The molecule has 1 fully saturated rings. The molecular weight excluding hydrogens is 611 g/mol. The van der Waals surface area contributed by atoms with Gasteiger partial charge in [0, 0.05) is 25.8 Å². The Hall–Kier alpha value is -4.70. The minimum atomic E-state index is -1.07. The number of ketones is 2. The molecule has 1 unspecified atom stereocenters. The van der Waals surface area contributed by atoms with Crippen LogP contribution in [0.25, 0.3) is 5.69 Å². The number of nitrogens with zero attached hydrogens (tertiary/aromatic N) is 4. The molecule has 1 aliphatic carbocycles. The summed E-state index contributed by atoms with van der Waals surface area (Å²) < 4.78 is 15.8. The van der Waals surface area contributed by atoms with Crippen LogP contribution < -0.4 is 0 Å². The standard InChI is InChI=1S/C35H32ClFN4O5/c36-28-9-4-10-30(32(28)37)41-20-29(38-39-41)34(44)40-16-15-26-24(19-25(42)17-21-5-1-2-6-21)7-3-8-27(26)33(40)31(43)18-22-11-13-23(14-12-22)35(45)46/h3-4,7-14,20-21,33H,1-2,5-6,15-19H2,(H,45,46). The molecule has 1 saturated carbocycles. The molecule has 0 bridgehead atoms. The number of carboxylic acid groups (broad SMARTS) is 1. The van der Waals surface area contributed by atoms with Gasteiger partial charge in [0.25, 0.3) is 5.91 Å². The third kappa shape index (κ3) is 6.48. The Balaban J connectivity index is 1.32. The van der Waals surface area contributed by atoms with Crippen LogP contribution in [0.1, 0.15) is 81.2 Å². The maximum absolute atomic E-state index is 14.7. The van der Waals surface area contributed by atoms with E-state index >= 15 is 0 Å². The maximum Gasteiger partial charge on any atom is 0.335 e. The van der Waals surface area contributed by atoms with E-state index in [0.29, 0.717) is 29.9 Å². The van der Waals surface area contributed by atoms with E-state index in [0.717, 1.165) is 41.5 Å². The first-order chi connectivity index (χ1) is 22.2. The smallest absolute Gasteiger partial charge is 0.335 e. The number of amides is 1. The number of carbonyl (C=O) groups is 4. The second kappa shape index (κ2) is 13.3. The summed E-state index contributed by atoms with van der Waals surface area (Å²) >= 11 is 5.93. The average Bonchev–Trinajstić information content (AvgIpc) is 3.75. The van der Waals surface area contributed by atoms with Gasteiger partial charge >= 0.3 is 5.97 Å². The van der Waals surface area contributed by atoms with Crippen molar-refractivity contribution in [2.75, 3.05) is 6.54 Å². The van der Waals surface area contributed by atoms with Gasteiger partial charge in [0.1, 0.15) is 17.5 Å². The lowest BCUT2D eigenvalue weighted by Crippen LogP contribution is -2.44. The number of hydrogen-bond donors (Lipinski definition) is 1. The molecular formula is C35H32ClFN4O5. The number of aromatic carboxylic acids is 1. The molecule has 6 rings (SSSR count). The van der Waals surface area contributed by atoms with Crippen LogP contribution in [0.4, 0.5) is 4.39 Å². The number of rotatable bonds is 10. The molecule has 236 valence electrons. The SMILES string of the molecule is O=C(Cc1cccc2c1CCN(C(=O)c1cn(-c3cccc(Cl)c3F)nn1)C2C(=O)Cc1ccc(C(=O)O)cc1)CC1CCCC1. The largest absolute Gasteiger partial charge is 0.478 e. The van der Waals surface area contributed by atoms with Gasteiger partial charge in [-0.25, -0.2) is 13.9 Å². The summed E-state index contributed by atoms with van der Waals surface area (Å²) in [6.45, 7) is 0.187. The van der Waals surface area contributed by atoms with Gasteiger partial charge in [-0.15, -0.1) is 5.10 Å². The molecule has 11 heteroatoms. The molecule has 0 radical (unpaired) electrons. The summed E-state index contributed by atoms with van der Waals surface area (Å²) in [7, 11) is 0. The normalized spacial score (nSPS) is 16.3. The summed E-state index contributed by atoms with van der Waals surface area (Å²) in [5.41, 5.74) is 3.03. The van der Waals surface area contributed by atoms with Gasteiger partial charge < -0.3 is 10.0 Å². The lowest BCUT2D eigenvalue weighted by molar-refractivity contribution is -0.123. The van der Waals surface area contributed by atoms with Crippen LogP contribution in [0.2, 0.25) is 5.02 Å². The number of halogens is 2. The van der Waals surface area contributed by atoms with Crippen molar-refractivity contribution in [1.82, 2.24) is 19.9 Å². The summed E-state index contributed by atoms with van der Waals surface area (Å²) in [6.07, 6.45) is 6.97. The predicted molar refractivity (Wildman–Crippen MR) is 168 cm³/mol. The van der Waals surface area contributed by atoms with Gasteiger partial charge in [0.05, 0.1) is 16.8 Å². The monoisotopic (exact) mass is 642 g/mol. The van der Waals surface area contributed by atoms with Crippen molar-refractivity contribution in [3.63, 3.8) is 0 Å².